The van der Waals surface area contributed by atoms with Crippen molar-refractivity contribution in [2.24, 2.45) is 17.8 Å². The fraction of sp³-hybridized carbons (Fsp3) is 0.545. The van der Waals surface area contributed by atoms with Gasteiger partial charge < -0.3 is 10.6 Å². The van der Waals surface area contributed by atoms with E-state index in [0.29, 0.717) is 5.82 Å². The van der Waals surface area contributed by atoms with Crippen molar-refractivity contribution in [3.05, 3.63) is 46.3 Å². The van der Waals surface area contributed by atoms with E-state index in [2.05, 4.69) is 27.5 Å². The molecule has 1 aromatic heterocycles. The SMILES string of the molecule is CCc1ccccc1Nc1ncnc(NC23CC4CC(CC(C4)C2)C3)c1[N+](=O)[O-]. The fourth-order valence-corrected chi connectivity index (χ4v) is 6.33. The molecular formula is C22H27N5O2. The van der Waals surface area contributed by atoms with Crippen LogP contribution >= 0.6 is 0 Å². The minimum Gasteiger partial charge on any atom is -0.359 e. The number of aryl methyl sites for hydroxylation is 1. The first-order chi connectivity index (χ1) is 14.0. The molecule has 0 unspecified atom stereocenters. The van der Waals surface area contributed by atoms with Gasteiger partial charge in [0.2, 0.25) is 11.6 Å². The lowest BCUT2D eigenvalue weighted by atomic mass is 9.53. The second-order valence-electron chi connectivity index (χ2n) is 9.14. The maximum atomic E-state index is 12.0. The third kappa shape index (κ3) is 3.32. The maximum Gasteiger partial charge on any atom is 0.353 e. The van der Waals surface area contributed by atoms with Gasteiger partial charge in [0.25, 0.3) is 0 Å². The zero-order valence-corrected chi connectivity index (χ0v) is 16.7. The van der Waals surface area contributed by atoms with E-state index in [0.717, 1.165) is 54.7 Å². The van der Waals surface area contributed by atoms with Crippen LogP contribution in [0.1, 0.15) is 51.0 Å². The number of benzene rings is 1. The molecule has 1 aromatic carbocycles. The third-order valence-electron chi connectivity index (χ3n) is 7.08. The summed E-state index contributed by atoms with van der Waals surface area (Å²) in [5.41, 5.74) is 1.83. The Labute approximate surface area is 170 Å². The van der Waals surface area contributed by atoms with E-state index in [9.17, 15) is 10.1 Å². The van der Waals surface area contributed by atoms with Gasteiger partial charge in [0.1, 0.15) is 6.33 Å². The molecule has 7 heteroatoms. The molecular weight excluding hydrogens is 366 g/mol. The number of nitro groups is 1. The minimum atomic E-state index is -0.361. The molecule has 4 aliphatic rings. The summed E-state index contributed by atoms with van der Waals surface area (Å²) < 4.78 is 0. The van der Waals surface area contributed by atoms with Crippen molar-refractivity contribution < 1.29 is 4.92 Å². The smallest absolute Gasteiger partial charge is 0.353 e. The van der Waals surface area contributed by atoms with Crippen LogP contribution in [0.25, 0.3) is 0 Å². The first-order valence-electron chi connectivity index (χ1n) is 10.7. The summed E-state index contributed by atoms with van der Waals surface area (Å²) in [4.78, 5) is 20.2. The molecule has 0 amide bonds. The lowest BCUT2D eigenvalue weighted by Crippen LogP contribution is -2.55. The third-order valence-corrected chi connectivity index (χ3v) is 7.08. The quantitative estimate of drug-likeness (QED) is 0.526. The van der Waals surface area contributed by atoms with Gasteiger partial charge in [-0.3, -0.25) is 10.1 Å². The van der Waals surface area contributed by atoms with Gasteiger partial charge in [-0.05, 0) is 74.3 Å². The van der Waals surface area contributed by atoms with Gasteiger partial charge in [-0.15, -0.1) is 0 Å². The van der Waals surface area contributed by atoms with Gasteiger partial charge >= 0.3 is 5.69 Å². The Hall–Kier alpha value is -2.70. The molecule has 4 bridgehead atoms. The Bertz CT molecular complexity index is 909. The van der Waals surface area contributed by atoms with Crippen molar-refractivity contribution in [2.45, 2.75) is 57.4 Å². The molecule has 7 nitrogen and oxygen atoms in total. The molecule has 4 aliphatic carbocycles. The second-order valence-corrected chi connectivity index (χ2v) is 9.14. The van der Waals surface area contributed by atoms with Crippen molar-refractivity contribution in [2.75, 3.05) is 10.6 Å². The monoisotopic (exact) mass is 393 g/mol. The number of aromatic nitrogens is 2. The van der Waals surface area contributed by atoms with E-state index >= 15 is 0 Å². The molecule has 2 N–H and O–H groups in total. The molecule has 0 aliphatic heterocycles. The number of rotatable bonds is 6. The van der Waals surface area contributed by atoms with Gasteiger partial charge in [0, 0.05) is 11.2 Å². The maximum absolute atomic E-state index is 12.0. The Balaban J connectivity index is 1.48. The van der Waals surface area contributed by atoms with Crippen LogP contribution in [0.15, 0.2) is 30.6 Å². The Morgan fingerprint density at radius 2 is 1.69 bits per heavy atom. The van der Waals surface area contributed by atoms with Crippen LogP contribution in [0.2, 0.25) is 0 Å². The van der Waals surface area contributed by atoms with Gasteiger partial charge in [-0.2, -0.15) is 0 Å². The molecule has 2 aromatic rings. The summed E-state index contributed by atoms with van der Waals surface area (Å²) in [6.07, 6.45) is 9.53. The first kappa shape index (κ1) is 18.3. The van der Waals surface area contributed by atoms with Crippen LogP contribution in [0.4, 0.5) is 23.0 Å². The number of anilines is 3. The lowest BCUT2D eigenvalue weighted by Gasteiger charge is -2.57. The minimum absolute atomic E-state index is 0.0491. The van der Waals surface area contributed by atoms with Crippen LogP contribution in [0, 0.1) is 27.9 Å². The molecule has 0 spiro atoms. The van der Waals surface area contributed by atoms with E-state index < -0.39 is 0 Å². The number of hydrogen-bond donors (Lipinski definition) is 2. The highest BCUT2D eigenvalue weighted by Crippen LogP contribution is 2.57. The predicted molar refractivity (Wildman–Crippen MR) is 112 cm³/mol. The molecule has 4 saturated carbocycles. The van der Waals surface area contributed by atoms with Crippen molar-refractivity contribution in [3.63, 3.8) is 0 Å². The average molecular weight is 393 g/mol. The second kappa shape index (κ2) is 6.97. The summed E-state index contributed by atoms with van der Waals surface area (Å²) in [6.45, 7) is 2.06. The molecule has 0 atom stereocenters. The van der Waals surface area contributed by atoms with Crippen LogP contribution in [-0.4, -0.2) is 20.4 Å². The lowest BCUT2D eigenvalue weighted by molar-refractivity contribution is -0.383. The van der Waals surface area contributed by atoms with Crippen LogP contribution in [-0.2, 0) is 6.42 Å². The van der Waals surface area contributed by atoms with Crippen molar-refractivity contribution in [1.82, 2.24) is 9.97 Å². The predicted octanol–water partition coefficient (Wildman–Crippen LogP) is 5.07. The topological polar surface area (TPSA) is 93.0 Å². The summed E-state index contributed by atoms with van der Waals surface area (Å²) in [7, 11) is 0. The van der Waals surface area contributed by atoms with Crippen molar-refractivity contribution >= 4 is 23.0 Å². The van der Waals surface area contributed by atoms with Gasteiger partial charge in [0.05, 0.1) is 4.92 Å². The normalized spacial score (nSPS) is 29.6. The highest BCUT2D eigenvalue weighted by molar-refractivity contribution is 5.75. The highest BCUT2D eigenvalue weighted by Gasteiger charge is 2.51. The van der Waals surface area contributed by atoms with Gasteiger partial charge in [0.15, 0.2) is 0 Å². The number of hydrogen-bond acceptors (Lipinski definition) is 6. The molecule has 0 radical (unpaired) electrons. The molecule has 6 rings (SSSR count). The van der Waals surface area contributed by atoms with Crippen LogP contribution in [0.3, 0.4) is 0 Å². The summed E-state index contributed by atoms with van der Waals surface area (Å²) in [5.74, 6) is 2.86. The molecule has 1 heterocycles. The van der Waals surface area contributed by atoms with Crippen molar-refractivity contribution in [1.29, 1.82) is 0 Å². The fourth-order valence-electron chi connectivity index (χ4n) is 6.33. The number of nitrogens with one attached hydrogen (secondary N) is 2. The van der Waals surface area contributed by atoms with E-state index in [-0.39, 0.29) is 22.0 Å². The molecule has 29 heavy (non-hydrogen) atoms. The number of nitrogens with zero attached hydrogens (tertiary/aromatic N) is 3. The highest BCUT2D eigenvalue weighted by atomic mass is 16.6. The average Bonchev–Trinajstić information content (AvgIpc) is 2.67. The molecule has 0 saturated heterocycles. The Kier molecular flexibility index (Phi) is 4.41. The Morgan fingerprint density at radius 3 is 2.31 bits per heavy atom. The summed E-state index contributed by atoms with van der Waals surface area (Å²) >= 11 is 0. The largest absolute Gasteiger partial charge is 0.359 e. The van der Waals surface area contributed by atoms with Gasteiger partial charge in [-0.25, -0.2) is 9.97 Å². The van der Waals surface area contributed by atoms with Crippen LogP contribution < -0.4 is 10.6 Å². The zero-order chi connectivity index (χ0) is 20.0. The molecule has 152 valence electrons. The first-order valence-corrected chi connectivity index (χ1v) is 10.7. The zero-order valence-electron chi connectivity index (χ0n) is 16.7. The van der Waals surface area contributed by atoms with Crippen LogP contribution in [0.5, 0.6) is 0 Å². The number of para-hydroxylation sites is 1. The van der Waals surface area contributed by atoms with E-state index in [1.165, 1.54) is 25.6 Å². The van der Waals surface area contributed by atoms with E-state index in [4.69, 9.17) is 0 Å². The van der Waals surface area contributed by atoms with E-state index in [1.54, 1.807) is 0 Å². The van der Waals surface area contributed by atoms with E-state index in [1.807, 2.05) is 24.3 Å². The van der Waals surface area contributed by atoms with Crippen molar-refractivity contribution in [3.8, 4) is 0 Å². The summed E-state index contributed by atoms with van der Waals surface area (Å²) in [6, 6.07) is 7.84. The van der Waals surface area contributed by atoms with Gasteiger partial charge in [-0.1, -0.05) is 25.1 Å². The molecule has 4 fully saturated rings. The standard InChI is InChI=1S/C22H27N5O2/c1-2-17-5-3-4-6-18(17)25-20-19(27(28)29)21(24-13-23-20)26-22-10-14-7-15(11-22)9-16(8-14)12-22/h3-6,13-16H,2,7-12H2,1H3,(H2,23,24,25,26). The summed E-state index contributed by atoms with van der Waals surface area (Å²) in [5, 5.41) is 18.8. The Morgan fingerprint density at radius 1 is 1.07 bits per heavy atom.